The molecular formula is C26H26F3N3O3S. The first-order valence-electron chi connectivity index (χ1n) is 11.4. The lowest BCUT2D eigenvalue weighted by Crippen LogP contribution is -2.52. The maximum Gasteiger partial charge on any atom is 0.416 e. The molecule has 3 aromatic carbocycles. The molecule has 0 bridgehead atoms. The van der Waals surface area contributed by atoms with Crippen LogP contribution in [0.25, 0.3) is 0 Å². The lowest BCUT2D eigenvalue weighted by atomic mass is 10.1. The highest BCUT2D eigenvalue weighted by atomic mass is 32.2. The minimum atomic E-state index is -4.43. The molecule has 0 aliphatic carbocycles. The number of aryl methyl sites for hydroxylation is 1. The van der Waals surface area contributed by atoms with E-state index in [0.717, 1.165) is 22.0 Å². The first-order chi connectivity index (χ1) is 17.1. The van der Waals surface area contributed by atoms with Crippen molar-refractivity contribution in [3.63, 3.8) is 0 Å². The van der Waals surface area contributed by atoms with Crippen molar-refractivity contribution in [3.05, 3.63) is 90.0 Å². The predicted molar refractivity (Wildman–Crippen MR) is 132 cm³/mol. The van der Waals surface area contributed by atoms with Gasteiger partial charge in [0.15, 0.2) is 0 Å². The fraction of sp³-hybridized carbons (Fsp3) is 0.269. The predicted octanol–water partition coefficient (Wildman–Crippen LogP) is 4.56. The molecule has 3 aromatic rings. The van der Waals surface area contributed by atoms with E-state index in [9.17, 15) is 26.4 Å². The molecule has 0 radical (unpaired) electrons. The Kier molecular flexibility index (Phi) is 7.26. The van der Waals surface area contributed by atoms with Gasteiger partial charge in [0.25, 0.3) is 10.0 Å². The summed E-state index contributed by atoms with van der Waals surface area (Å²) in [6.07, 6.45) is -4.43. The van der Waals surface area contributed by atoms with Crippen molar-refractivity contribution in [2.24, 2.45) is 0 Å². The van der Waals surface area contributed by atoms with Gasteiger partial charge >= 0.3 is 6.18 Å². The summed E-state index contributed by atoms with van der Waals surface area (Å²) >= 11 is 0. The van der Waals surface area contributed by atoms with E-state index in [1.165, 1.54) is 18.2 Å². The first kappa shape index (κ1) is 25.6. The fourth-order valence-electron chi connectivity index (χ4n) is 4.06. The van der Waals surface area contributed by atoms with Crippen LogP contribution < -0.4 is 9.21 Å². The van der Waals surface area contributed by atoms with Crippen molar-refractivity contribution in [3.8, 4) is 0 Å². The zero-order valence-electron chi connectivity index (χ0n) is 19.6. The Hall–Kier alpha value is -3.53. The summed E-state index contributed by atoms with van der Waals surface area (Å²) in [5.74, 6) is -0.377. The summed E-state index contributed by atoms with van der Waals surface area (Å²) in [4.78, 5) is 16.6. The number of amides is 1. The molecule has 190 valence electrons. The summed E-state index contributed by atoms with van der Waals surface area (Å²) < 4.78 is 67.3. The van der Waals surface area contributed by atoms with Crippen LogP contribution in [0.4, 0.5) is 24.5 Å². The van der Waals surface area contributed by atoms with Crippen LogP contribution in [0.15, 0.2) is 83.8 Å². The van der Waals surface area contributed by atoms with Gasteiger partial charge in [-0.15, -0.1) is 0 Å². The van der Waals surface area contributed by atoms with Crippen LogP contribution in [-0.4, -0.2) is 51.9 Å². The molecule has 1 amide bonds. The van der Waals surface area contributed by atoms with Gasteiger partial charge in [0.1, 0.15) is 6.54 Å². The smallest absolute Gasteiger partial charge is 0.368 e. The van der Waals surface area contributed by atoms with Gasteiger partial charge in [-0.05, 0) is 49.4 Å². The fourth-order valence-corrected chi connectivity index (χ4v) is 5.48. The second kappa shape index (κ2) is 10.2. The topological polar surface area (TPSA) is 60.9 Å². The molecule has 0 aromatic heterocycles. The molecule has 1 fully saturated rings. The highest BCUT2D eigenvalue weighted by Crippen LogP contribution is 2.32. The maximum absolute atomic E-state index is 13.5. The second-order valence-electron chi connectivity index (χ2n) is 8.58. The highest BCUT2D eigenvalue weighted by Gasteiger charge is 2.32. The molecule has 10 heteroatoms. The van der Waals surface area contributed by atoms with Crippen LogP contribution in [0.1, 0.15) is 11.1 Å². The minimum absolute atomic E-state index is 0.0825. The monoisotopic (exact) mass is 517 g/mol. The molecule has 0 N–H and O–H groups in total. The number of hydrogen-bond acceptors (Lipinski definition) is 4. The minimum Gasteiger partial charge on any atom is -0.368 e. The van der Waals surface area contributed by atoms with E-state index < -0.39 is 21.8 Å². The van der Waals surface area contributed by atoms with Crippen LogP contribution in [0.5, 0.6) is 0 Å². The molecule has 0 atom stereocenters. The number of anilines is 2. The molecule has 6 nitrogen and oxygen atoms in total. The average molecular weight is 518 g/mol. The second-order valence-corrected chi connectivity index (χ2v) is 10.4. The molecule has 1 aliphatic rings. The van der Waals surface area contributed by atoms with E-state index in [4.69, 9.17) is 0 Å². The van der Waals surface area contributed by atoms with Crippen molar-refractivity contribution in [1.29, 1.82) is 0 Å². The van der Waals surface area contributed by atoms with Gasteiger partial charge < -0.3 is 9.80 Å². The van der Waals surface area contributed by atoms with Crippen LogP contribution in [0, 0.1) is 6.92 Å². The number of alkyl halides is 3. The van der Waals surface area contributed by atoms with Gasteiger partial charge in [-0.3, -0.25) is 9.10 Å². The third kappa shape index (κ3) is 5.64. The SMILES string of the molecule is Cc1ccc(S(=O)(=O)N(CC(=O)N2CCN(c3cccc(C(F)(F)F)c3)CC2)c2ccccc2)cc1. The van der Waals surface area contributed by atoms with Gasteiger partial charge in [0, 0.05) is 31.9 Å². The van der Waals surface area contributed by atoms with Crippen LogP contribution in [-0.2, 0) is 21.0 Å². The first-order valence-corrected chi connectivity index (χ1v) is 12.8. The number of halogens is 3. The van der Waals surface area contributed by atoms with Gasteiger partial charge in [0.05, 0.1) is 16.1 Å². The van der Waals surface area contributed by atoms with Crippen molar-refractivity contribution in [2.75, 3.05) is 41.9 Å². The van der Waals surface area contributed by atoms with Gasteiger partial charge in [-0.2, -0.15) is 13.2 Å². The van der Waals surface area contributed by atoms with Crippen LogP contribution in [0.2, 0.25) is 0 Å². The summed E-state index contributed by atoms with van der Waals surface area (Å²) in [6, 6.07) is 19.9. The molecule has 1 aliphatic heterocycles. The average Bonchev–Trinajstić information content (AvgIpc) is 2.87. The lowest BCUT2D eigenvalue weighted by Gasteiger charge is -2.37. The number of piperazine rings is 1. The van der Waals surface area contributed by atoms with Crippen molar-refractivity contribution >= 4 is 27.3 Å². The Morgan fingerprint density at radius 3 is 2.14 bits per heavy atom. The van der Waals surface area contributed by atoms with Crippen LogP contribution >= 0.6 is 0 Å². The lowest BCUT2D eigenvalue weighted by molar-refractivity contribution is -0.137. The summed E-state index contributed by atoms with van der Waals surface area (Å²) in [5, 5.41) is 0. The number of benzene rings is 3. The molecule has 36 heavy (non-hydrogen) atoms. The van der Waals surface area contributed by atoms with Gasteiger partial charge in [-0.1, -0.05) is 42.0 Å². The number of carbonyl (C=O) groups excluding carboxylic acids is 1. The standard InChI is InChI=1S/C26H26F3N3O3S/c1-20-10-12-24(13-11-20)36(34,35)32(22-7-3-2-4-8-22)19-25(33)31-16-14-30(15-17-31)23-9-5-6-21(18-23)26(27,28)29/h2-13,18H,14-17,19H2,1H3. The van der Waals surface area contributed by atoms with E-state index in [-0.39, 0.29) is 30.4 Å². The Balaban J connectivity index is 1.49. The maximum atomic E-state index is 13.5. The number of rotatable bonds is 6. The summed E-state index contributed by atoms with van der Waals surface area (Å²) in [5.41, 5.74) is 0.993. The Bertz CT molecular complexity index is 1310. The Morgan fingerprint density at radius 1 is 0.889 bits per heavy atom. The number of carbonyl (C=O) groups is 1. The highest BCUT2D eigenvalue weighted by molar-refractivity contribution is 7.92. The van der Waals surface area contributed by atoms with Crippen molar-refractivity contribution in [2.45, 2.75) is 18.0 Å². The van der Waals surface area contributed by atoms with E-state index in [2.05, 4.69) is 0 Å². The normalized spacial score (nSPS) is 14.6. The van der Waals surface area contributed by atoms with Crippen LogP contribution in [0.3, 0.4) is 0 Å². The van der Waals surface area contributed by atoms with Gasteiger partial charge in [0.2, 0.25) is 5.91 Å². The number of para-hydroxylation sites is 1. The van der Waals surface area contributed by atoms with Crippen molar-refractivity contribution < 1.29 is 26.4 Å². The third-order valence-electron chi connectivity index (χ3n) is 6.10. The molecule has 1 heterocycles. The van der Waals surface area contributed by atoms with Gasteiger partial charge in [-0.25, -0.2) is 8.42 Å². The molecule has 4 rings (SSSR count). The van der Waals surface area contributed by atoms with E-state index in [0.29, 0.717) is 24.5 Å². The third-order valence-corrected chi connectivity index (χ3v) is 7.89. The molecule has 0 unspecified atom stereocenters. The zero-order valence-corrected chi connectivity index (χ0v) is 20.5. The van der Waals surface area contributed by atoms with E-state index in [1.54, 1.807) is 58.3 Å². The molecule has 0 saturated carbocycles. The summed E-state index contributed by atoms with van der Waals surface area (Å²) in [6.45, 7) is 2.68. The quantitative estimate of drug-likeness (QED) is 0.481. The van der Waals surface area contributed by atoms with E-state index in [1.807, 2.05) is 6.92 Å². The Morgan fingerprint density at radius 2 is 1.53 bits per heavy atom. The molecular weight excluding hydrogens is 491 g/mol. The number of nitrogens with zero attached hydrogens (tertiary/aromatic N) is 3. The molecule has 1 saturated heterocycles. The largest absolute Gasteiger partial charge is 0.416 e. The number of hydrogen-bond donors (Lipinski definition) is 0. The Labute approximate surface area is 208 Å². The molecule has 0 spiro atoms. The summed E-state index contributed by atoms with van der Waals surface area (Å²) in [7, 11) is -4.01. The number of sulfonamides is 1. The van der Waals surface area contributed by atoms with E-state index >= 15 is 0 Å². The van der Waals surface area contributed by atoms with Crippen molar-refractivity contribution in [1.82, 2.24) is 4.90 Å². The zero-order chi connectivity index (χ0) is 25.9.